The minimum Gasteiger partial charge on any atom is -0.490 e. The van der Waals surface area contributed by atoms with Crippen molar-refractivity contribution < 1.29 is 37.3 Å². The van der Waals surface area contributed by atoms with E-state index in [0.29, 0.717) is 48.7 Å². The maximum Gasteiger partial charge on any atom is 0.308 e. The van der Waals surface area contributed by atoms with Crippen molar-refractivity contribution in [3.8, 4) is 17.2 Å². The fraction of sp³-hybridized carbons (Fsp3) is 0.481. The third-order valence-electron chi connectivity index (χ3n) is 7.77. The number of amides is 1. The molecule has 4 atom stereocenters. The summed E-state index contributed by atoms with van der Waals surface area (Å²) < 4.78 is 51.6. The molecule has 2 saturated carbocycles. The number of alkyl halides is 2. The standard InChI is InChI=1S/C27H27F2NO6/c1-2-33-26(32)16-9-15(10-16)21-12-18(17-5-3-4-6-19(17)36-21)30-25(31)24-23(27(24,28)29)14-7-8-20-22(11-14)35-13-34-20/h3-8,11,15-16,18,21,23-24H,2,9-10,12-13H2,1H3,(H,30,31). The average Bonchev–Trinajstić information content (AvgIpc) is 3.15. The molecule has 6 rings (SSSR count). The molecule has 4 aliphatic rings. The van der Waals surface area contributed by atoms with Gasteiger partial charge in [-0.2, -0.15) is 0 Å². The number of carbonyl (C=O) groups is 2. The predicted molar refractivity (Wildman–Crippen MR) is 123 cm³/mol. The Kier molecular flexibility index (Phi) is 5.53. The molecule has 9 heteroatoms. The minimum atomic E-state index is -3.15. The highest BCUT2D eigenvalue weighted by Crippen LogP contribution is 2.62. The molecule has 2 aliphatic heterocycles. The van der Waals surface area contributed by atoms with Crippen molar-refractivity contribution >= 4 is 11.9 Å². The topological polar surface area (TPSA) is 83.1 Å². The van der Waals surface area contributed by atoms with E-state index in [-0.39, 0.29) is 30.7 Å². The molecule has 2 aromatic carbocycles. The van der Waals surface area contributed by atoms with Gasteiger partial charge >= 0.3 is 5.97 Å². The van der Waals surface area contributed by atoms with Crippen LogP contribution in [0.25, 0.3) is 0 Å². The van der Waals surface area contributed by atoms with Gasteiger partial charge in [0.1, 0.15) is 17.8 Å². The Labute approximate surface area is 207 Å². The van der Waals surface area contributed by atoms with Crippen molar-refractivity contribution in [2.24, 2.45) is 17.8 Å². The fourth-order valence-electron chi connectivity index (χ4n) is 5.73. The van der Waals surface area contributed by atoms with Crippen molar-refractivity contribution in [1.82, 2.24) is 5.32 Å². The first-order chi connectivity index (χ1) is 17.4. The molecule has 2 aliphatic carbocycles. The van der Waals surface area contributed by atoms with E-state index in [0.717, 1.165) is 5.56 Å². The molecule has 0 spiro atoms. The molecule has 0 aromatic heterocycles. The molecule has 0 radical (unpaired) electrons. The number of nitrogens with one attached hydrogen (secondary N) is 1. The zero-order valence-electron chi connectivity index (χ0n) is 19.7. The van der Waals surface area contributed by atoms with Gasteiger partial charge in [-0.1, -0.05) is 24.3 Å². The van der Waals surface area contributed by atoms with Gasteiger partial charge in [0.05, 0.1) is 24.5 Å². The zero-order valence-corrected chi connectivity index (χ0v) is 19.7. The second-order valence-electron chi connectivity index (χ2n) is 9.91. The first-order valence-corrected chi connectivity index (χ1v) is 12.4. The van der Waals surface area contributed by atoms with Crippen LogP contribution in [0.5, 0.6) is 17.2 Å². The Bertz CT molecular complexity index is 1200. The van der Waals surface area contributed by atoms with Crippen LogP contribution in [-0.2, 0) is 14.3 Å². The second-order valence-corrected chi connectivity index (χ2v) is 9.91. The van der Waals surface area contributed by atoms with Gasteiger partial charge in [-0.3, -0.25) is 9.59 Å². The number of rotatable bonds is 6. The van der Waals surface area contributed by atoms with Crippen LogP contribution in [0.15, 0.2) is 42.5 Å². The number of halogens is 2. The minimum absolute atomic E-state index is 0.0512. The van der Waals surface area contributed by atoms with Crippen LogP contribution in [0.3, 0.4) is 0 Å². The number of benzene rings is 2. The van der Waals surface area contributed by atoms with Gasteiger partial charge in [0.2, 0.25) is 12.7 Å². The number of hydrogen-bond donors (Lipinski definition) is 1. The van der Waals surface area contributed by atoms with Gasteiger partial charge < -0.3 is 24.3 Å². The first kappa shape index (κ1) is 23.1. The lowest BCUT2D eigenvalue weighted by Crippen LogP contribution is -2.45. The van der Waals surface area contributed by atoms with E-state index < -0.39 is 29.7 Å². The van der Waals surface area contributed by atoms with Crippen LogP contribution >= 0.6 is 0 Å². The predicted octanol–water partition coefficient (Wildman–Crippen LogP) is 4.36. The van der Waals surface area contributed by atoms with Crippen molar-refractivity contribution in [2.75, 3.05) is 13.4 Å². The van der Waals surface area contributed by atoms with Gasteiger partial charge in [-0.05, 0) is 49.4 Å². The largest absolute Gasteiger partial charge is 0.490 e. The van der Waals surface area contributed by atoms with E-state index in [2.05, 4.69) is 5.32 Å². The number of ether oxygens (including phenoxy) is 4. The second kappa shape index (κ2) is 8.64. The van der Waals surface area contributed by atoms with Gasteiger partial charge in [0.15, 0.2) is 11.5 Å². The molecule has 0 saturated heterocycles. The average molecular weight is 500 g/mol. The molecule has 1 amide bonds. The number of carbonyl (C=O) groups excluding carboxylic acids is 2. The normalized spacial score (nSPS) is 30.9. The maximum atomic E-state index is 14.8. The highest BCUT2D eigenvalue weighted by atomic mass is 19.3. The molecule has 2 heterocycles. The van der Waals surface area contributed by atoms with Crippen molar-refractivity contribution in [3.05, 3.63) is 53.6 Å². The van der Waals surface area contributed by atoms with Gasteiger partial charge in [-0.15, -0.1) is 0 Å². The van der Waals surface area contributed by atoms with E-state index in [1.807, 2.05) is 24.3 Å². The Morgan fingerprint density at radius 1 is 1.06 bits per heavy atom. The van der Waals surface area contributed by atoms with Crippen molar-refractivity contribution in [3.63, 3.8) is 0 Å². The van der Waals surface area contributed by atoms with E-state index in [4.69, 9.17) is 18.9 Å². The van der Waals surface area contributed by atoms with Gasteiger partial charge in [0.25, 0.3) is 5.92 Å². The molecule has 0 bridgehead atoms. The Morgan fingerprint density at radius 2 is 1.83 bits per heavy atom. The number of fused-ring (bicyclic) bond motifs is 2. The quantitative estimate of drug-likeness (QED) is 0.595. The molecular weight excluding hydrogens is 472 g/mol. The van der Waals surface area contributed by atoms with E-state index >= 15 is 0 Å². The summed E-state index contributed by atoms with van der Waals surface area (Å²) in [6.45, 7) is 2.18. The highest BCUT2D eigenvalue weighted by molar-refractivity contribution is 5.86. The lowest BCUT2D eigenvalue weighted by molar-refractivity contribution is -0.154. The monoisotopic (exact) mass is 499 g/mol. The van der Waals surface area contributed by atoms with Crippen LogP contribution in [0.4, 0.5) is 8.78 Å². The molecule has 36 heavy (non-hydrogen) atoms. The smallest absolute Gasteiger partial charge is 0.308 e. The van der Waals surface area contributed by atoms with Crippen LogP contribution in [-0.4, -0.2) is 37.3 Å². The number of esters is 1. The molecule has 2 aromatic rings. The third kappa shape index (κ3) is 3.85. The summed E-state index contributed by atoms with van der Waals surface area (Å²) >= 11 is 0. The van der Waals surface area contributed by atoms with E-state index in [1.54, 1.807) is 19.1 Å². The molecule has 190 valence electrons. The summed E-state index contributed by atoms with van der Waals surface area (Å²) in [4.78, 5) is 25.1. The van der Waals surface area contributed by atoms with E-state index in [9.17, 15) is 18.4 Å². The number of hydrogen-bond acceptors (Lipinski definition) is 6. The van der Waals surface area contributed by atoms with Crippen molar-refractivity contribution in [1.29, 1.82) is 0 Å². The first-order valence-electron chi connectivity index (χ1n) is 12.4. The molecule has 1 N–H and O–H groups in total. The Morgan fingerprint density at radius 3 is 2.64 bits per heavy atom. The summed E-state index contributed by atoms with van der Waals surface area (Å²) in [5, 5.41) is 2.89. The molecule has 7 nitrogen and oxygen atoms in total. The highest BCUT2D eigenvalue weighted by Gasteiger charge is 2.72. The molecular formula is C27H27F2NO6. The summed E-state index contributed by atoms with van der Waals surface area (Å²) in [5.41, 5.74) is 1.13. The summed E-state index contributed by atoms with van der Waals surface area (Å²) in [6.07, 6.45) is 1.54. The van der Waals surface area contributed by atoms with Gasteiger partial charge in [-0.25, -0.2) is 8.78 Å². The number of para-hydroxylation sites is 1. The third-order valence-corrected chi connectivity index (χ3v) is 7.77. The Hall–Kier alpha value is -3.36. The zero-order chi connectivity index (χ0) is 25.0. The van der Waals surface area contributed by atoms with Crippen LogP contribution in [0.2, 0.25) is 0 Å². The van der Waals surface area contributed by atoms with Crippen LogP contribution in [0.1, 0.15) is 49.3 Å². The van der Waals surface area contributed by atoms with Crippen molar-refractivity contribution in [2.45, 2.75) is 50.2 Å². The maximum absolute atomic E-state index is 14.8. The van der Waals surface area contributed by atoms with E-state index in [1.165, 1.54) is 6.07 Å². The summed E-state index contributed by atoms with van der Waals surface area (Å²) in [7, 11) is 0. The van der Waals surface area contributed by atoms with Crippen LogP contribution in [0, 0.1) is 17.8 Å². The summed E-state index contributed by atoms with van der Waals surface area (Å²) in [6, 6.07) is 11.6. The van der Waals surface area contributed by atoms with Crippen LogP contribution < -0.4 is 19.5 Å². The summed E-state index contributed by atoms with van der Waals surface area (Å²) in [5.74, 6) is -5.14. The van der Waals surface area contributed by atoms with Gasteiger partial charge in [0, 0.05) is 12.0 Å². The molecule has 4 unspecified atom stereocenters. The lowest BCUT2D eigenvalue weighted by atomic mass is 9.70. The Balaban J connectivity index is 1.16. The SMILES string of the molecule is CCOC(=O)C1CC(C2CC(NC(=O)C3C(c4ccc5c(c4)OCO5)C3(F)F)c3ccccc3O2)C1. The fourth-order valence-corrected chi connectivity index (χ4v) is 5.73. The molecule has 2 fully saturated rings. The lowest BCUT2D eigenvalue weighted by Gasteiger charge is -2.43.